The maximum Gasteiger partial charge on any atom is 0.501 e. The average molecular weight is 635 g/mol. The summed E-state index contributed by atoms with van der Waals surface area (Å²) in [4.78, 5) is 27.8. The Labute approximate surface area is 244 Å². The number of nitrogens with zero attached hydrogens (tertiary/aromatic N) is 2. The number of amides is 1. The standard InChI is InChI=1S/C28H19F5N4O6S/c1-27(29,30)13-37-23(20-21(35-36-22(20)25(37)38)18-3-2-4-19-24(18)43-26(39)34-19)14-5-7-15(8-6-14)42-16-9-11-17(12-10-16)44(40,41)28(31,32)33/h2-12,23H,13H2,1H3,(H,34,39)(H,35,36). The van der Waals surface area contributed by atoms with Crippen LogP contribution in [0.2, 0.25) is 0 Å². The van der Waals surface area contributed by atoms with Gasteiger partial charge in [0.1, 0.15) is 22.9 Å². The Kier molecular flexibility index (Phi) is 6.64. The molecule has 0 fully saturated rings. The Balaban J connectivity index is 1.36. The summed E-state index contributed by atoms with van der Waals surface area (Å²) in [5.74, 6) is -4.48. The van der Waals surface area contributed by atoms with Gasteiger partial charge < -0.3 is 14.1 Å². The van der Waals surface area contributed by atoms with Crippen molar-refractivity contribution in [3.8, 4) is 22.8 Å². The van der Waals surface area contributed by atoms with E-state index >= 15 is 0 Å². The lowest BCUT2D eigenvalue weighted by Gasteiger charge is -2.28. The molecule has 2 aromatic heterocycles. The number of oxazole rings is 1. The van der Waals surface area contributed by atoms with E-state index in [0.29, 0.717) is 23.6 Å². The number of aromatic amines is 2. The van der Waals surface area contributed by atoms with Gasteiger partial charge >= 0.3 is 11.3 Å². The lowest BCUT2D eigenvalue weighted by Crippen LogP contribution is -2.38. The highest BCUT2D eigenvalue weighted by molar-refractivity contribution is 7.92. The van der Waals surface area contributed by atoms with E-state index < -0.39 is 50.4 Å². The average Bonchev–Trinajstić information content (AvgIpc) is 3.61. The topological polar surface area (TPSA) is 138 Å². The highest BCUT2D eigenvalue weighted by Gasteiger charge is 2.47. The number of hydrogen-bond donors (Lipinski definition) is 2. The van der Waals surface area contributed by atoms with Crippen molar-refractivity contribution in [3.05, 3.63) is 94.1 Å². The Bertz CT molecular complexity index is 2060. The first-order chi connectivity index (χ1) is 20.6. The van der Waals surface area contributed by atoms with E-state index in [1.165, 1.54) is 24.3 Å². The largest absolute Gasteiger partial charge is 0.501 e. The van der Waals surface area contributed by atoms with Crippen LogP contribution >= 0.6 is 0 Å². The monoisotopic (exact) mass is 634 g/mol. The van der Waals surface area contributed by atoms with Crippen molar-refractivity contribution in [1.29, 1.82) is 0 Å². The molecule has 0 radical (unpaired) electrons. The third-order valence-corrected chi connectivity index (χ3v) is 8.39. The molecule has 0 bridgehead atoms. The van der Waals surface area contributed by atoms with Gasteiger partial charge in [-0.1, -0.05) is 18.2 Å². The van der Waals surface area contributed by atoms with Crippen molar-refractivity contribution < 1.29 is 44.3 Å². The van der Waals surface area contributed by atoms with E-state index in [-0.39, 0.29) is 34.0 Å². The third kappa shape index (κ3) is 5.00. The van der Waals surface area contributed by atoms with E-state index in [1.54, 1.807) is 18.2 Å². The second-order valence-corrected chi connectivity index (χ2v) is 12.0. The van der Waals surface area contributed by atoms with E-state index in [1.807, 2.05) is 0 Å². The molecule has 3 aromatic carbocycles. The zero-order valence-electron chi connectivity index (χ0n) is 22.3. The number of halogens is 5. The molecule has 0 saturated carbocycles. The number of para-hydroxylation sites is 1. The first-order valence-electron chi connectivity index (χ1n) is 12.7. The summed E-state index contributed by atoms with van der Waals surface area (Å²) >= 11 is 0. The van der Waals surface area contributed by atoms with Crippen LogP contribution in [0.4, 0.5) is 22.0 Å². The molecular weight excluding hydrogens is 615 g/mol. The molecule has 10 nitrogen and oxygen atoms in total. The number of ether oxygens (including phenoxy) is 1. The summed E-state index contributed by atoms with van der Waals surface area (Å²) in [5.41, 5.74) is -3.71. The number of sulfone groups is 1. The van der Waals surface area contributed by atoms with Crippen LogP contribution in [0.25, 0.3) is 22.4 Å². The smallest absolute Gasteiger partial charge is 0.457 e. The fourth-order valence-electron chi connectivity index (χ4n) is 5.05. The van der Waals surface area contributed by atoms with Gasteiger partial charge in [0.25, 0.3) is 21.7 Å². The van der Waals surface area contributed by atoms with Gasteiger partial charge in [0.15, 0.2) is 5.58 Å². The van der Waals surface area contributed by atoms with Gasteiger partial charge in [-0.05, 0) is 54.1 Å². The van der Waals surface area contributed by atoms with Crippen LogP contribution in [0.3, 0.4) is 0 Å². The van der Waals surface area contributed by atoms with Gasteiger partial charge in [0, 0.05) is 18.1 Å². The second kappa shape index (κ2) is 10.0. The Hall–Kier alpha value is -4.99. The highest BCUT2D eigenvalue weighted by Crippen LogP contribution is 2.45. The zero-order chi connectivity index (χ0) is 31.6. The molecule has 16 heteroatoms. The molecule has 6 rings (SSSR count). The van der Waals surface area contributed by atoms with Gasteiger partial charge in [0.2, 0.25) is 0 Å². The number of hydrogen-bond acceptors (Lipinski definition) is 7. The van der Waals surface area contributed by atoms with Crippen LogP contribution in [-0.2, 0) is 9.84 Å². The van der Waals surface area contributed by atoms with Gasteiger partial charge in [-0.25, -0.2) is 22.0 Å². The molecular formula is C28H19F5N4O6S. The van der Waals surface area contributed by atoms with Gasteiger partial charge in [-0.3, -0.25) is 14.9 Å². The molecule has 0 spiro atoms. The predicted molar refractivity (Wildman–Crippen MR) is 144 cm³/mol. The van der Waals surface area contributed by atoms with Crippen LogP contribution < -0.4 is 10.5 Å². The van der Waals surface area contributed by atoms with Crippen LogP contribution in [0.15, 0.2) is 80.8 Å². The van der Waals surface area contributed by atoms with Crippen molar-refractivity contribution >= 4 is 26.8 Å². The van der Waals surface area contributed by atoms with Crippen molar-refractivity contribution in [3.63, 3.8) is 0 Å². The Morgan fingerprint density at radius 1 is 0.955 bits per heavy atom. The lowest BCUT2D eigenvalue weighted by atomic mass is 9.95. The maximum atomic E-state index is 14.3. The summed E-state index contributed by atoms with van der Waals surface area (Å²) in [6.45, 7) is -0.242. The van der Waals surface area contributed by atoms with E-state index in [2.05, 4.69) is 15.2 Å². The first kappa shape index (κ1) is 29.1. The van der Waals surface area contributed by atoms with E-state index in [4.69, 9.17) is 9.15 Å². The molecule has 1 amide bonds. The number of carbonyl (C=O) groups excluding carboxylic acids is 1. The minimum Gasteiger partial charge on any atom is -0.457 e. The predicted octanol–water partition coefficient (Wildman–Crippen LogP) is 5.80. The molecule has 1 atom stereocenters. The lowest BCUT2D eigenvalue weighted by molar-refractivity contribution is -0.0436. The molecule has 3 heterocycles. The number of nitrogens with one attached hydrogen (secondary N) is 2. The maximum absolute atomic E-state index is 14.3. The van der Waals surface area contributed by atoms with Crippen molar-refractivity contribution in [2.24, 2.45) is 0 Å². The second-order valence-electron chi connectivity index (χ2n) is 10.1. The first-order valence-corrected chi connectivity index (χ1v) is 14.2. The summed E-state index contributed by atoms with van der Waals surface area (Å²) < 4.78 is 101. The molecule has 44 heavy (non-hydrogen) atoms. The number of alkyl halides is 5. The van der Waals surface area contributed by atoms with Crippen molar-refractivity contribution in [1.82, 2.24) is 20.1 Å². The number of aromatic nitrogens is 3. The molecule has 228 valence electrons. The minimum atomic E-state index is -5.53. The molecule has 1 aliphatic rings. The fraction of sp³-hybridized carbons (Fsp3) is 0.179. The van der Waals surface area contributed by atoms with Gasteiger partial charge in [0.05, 0.1) is 23.0 Å². The van der Waals surface area contributed by atoms with Crippen LogP contribution in [-0.4, -0.2) is 52.4 Å². The summed E-state index contributed by atoms with van der Waals surface area (Å²) in [5, 5.41) is 6.90. The molecule has 1 aliphatic heterocycles. The number of H-pyrrole nitrogens is 2. The summed E-state index contributed by atoms with van der Waals surface area (Å²) in [6, 6.07) is 13.3. The van der Waals surface area contributed by atoms with Crippen molar-refractivity contribution in [2.75, 3.05) is 6.54 Å². The molecule has 0 aliphatic carbocycles. The van der Waals surface area contributed by atoms with Crippen LogP contribution in [0.1, 0.15) is 34.6 Å². The van der Waals surface area contributed by atoms with Gasteiger partial charge in [-0.15, -0.1) is 0 Å². The number of carbonyl (C=O) groups is 1. The zero-order valence-corrected chi connectivity index (χ0v) is 23.1. The number of rotatable bonds is 7. The minimum absolute atomic E-state index is 0.0154. The molecule has 0 saturated heterocycles. The third-order valence-electron chi connectivity index (χ3n) is 6.88. The van der Waals surface area contributed by atoms with Crippen LogP contribution in [0.5, 0.6) is 11.5 Å². The van der Waals surface area contributed by atoms with E-state index in [0.717, 1.165) is 29.2 Å². The normalized spacial score (nSPS) is 15.6. The number of fused-ring (bicyclic) bond motifs is 2. The van der Waals surface area contributed by atoms with Crippen LogP contribution in [0, 0.1) is 0 Å². The molecule has 5 aromatic rings. The summed E-state index contributed by atoms with van der Waals surface area (Å²) in [7, 11) is -5.53. The SMILES string of the molecule is CC(F)(F)CN1C(=O)c2[nH]nc(-c3cccc4[nH]c(=O)oc34)c2C1c1ccc(Oc2ccc(S(=O)(=O)C(F)(F)F)cc2)cc1. The fourth-order valence-corrected chi connectivity index (χ4v) is 5.81. The Morgan fingerprint density at radius 2 is 1.59 bits per heavy atom. The molecule has 2 N–H and O–H groups in total. The van der Waals surface area contributed by atoms with E-state index in [9.17, 15) is 40.0 Å². The molecule has 1 unspecified atom stereocenters. The highest BCUT2D eigenvalue weighted by atomic mass is 32.2. The quantitative estimate of drug-likeness (QED) is 0.216. The number of benzene rings is 3. The Morgan fingerprint density at radius 3 is 2.20 bits per heavy atom. The van der Waals surface area contributed by atoms with Crippen molar-refractivity contribution in [2.45, 2.75) is 29.3 Å². The summed E-state index contributed by atoms with van der Waals surface area (Å²) in [6.07, 6.45) is 0. The van der Waals surface area contributed by atoms with Gasteiger partial charge in [-0.2, -0.15) is 18.3 Å².